The molecule has 1 fully saturated rings. The van der Waals surface area contributed by atoms with E-state index in [1.807, 2.05) is 12.1 Å². The first kappa shape index (κ1) is 22.5. The largest absolute Gasteiger partial charge is 0.497 e. The van der Waals surface area contributed by atoms with E-state index in [9.17, 15) is 14.4 Å². The van der Waals surface area contributed by atoms with E-state index in [-0.39, 0.29) is 24.2 Å². The van der Waals surface area contributed by atoms with Crippen LogP contribution in [0.5, 0.6) is 5.75 Å². The molecule has 2 amide bonds. The molecule has 7 nitrogen and oxygen atoms in total. The van der Waals surface area contributed by atoms with Crippen LogP contribution in [0.4, 0.5) is 0 Å². The molecule has 1 atom stereocenters. The lowest BCUT2D eigenvalue weighted by atomic mass is 9.92. The van der Waals surface area contributed by atoms with Crippen LogP contribution in [-0.4, -0.2) is 45.9 Å². The van der Waals surface area contributed by atoms with Crippen LogP contribution in [0.3, 0.4) is 0 Å². The highest BCUT2D eigenvalue weighted by atomic mass is 35.5. The first-order valence-electron chi connectivity index (χ1n) is 11.4. The predicted molar refractivity (Wildman–Crippen MR) is 129 cm³/mol. The van der Waals surface area contributed by atoms with Gasteiger partial charge in [-0.1, -0.05) is 36.6 Å². The van der Waals surface area contributed by atoms with Gasteiger partial charge in [-0.3, -0.25) is 19.0 Å². The highest BCUT2D eigenvalue weighted by Crippen LogP contribution is 2.35. The van der Waals surface area contributed by atoms with Crippen LogP contribution < -0.4 is 10.1 Å². The van der Waals surface area contributed by atoms with Gasteiger partial charge in [-0.25, -0.2) is 0 Å². The number of aromatic nitrogens is 1. The van der Waals surface area contributed by atoms with Gasteiger partial charge < -0.3 is 15.0 Å². The topological polar surface area (TPSA) is 80.6 Å². The zero-order valence-electron chi connectivity index (χ0n) is 19.1. The molecule has 5 rings (SSSR count). The number of amides is 2. The molecule has 1 saturated carbocycles. The number of ether oxygens (including phenoxy) is 1. The average molecular weight is 480 g/mol. The molecule has 1 unspecified atom stereocenters. The zero-order chi connectivity index (χ0) is 24.0. The van der Waals surface area contributed by atoms with Crippen molar-refractivity contribution in [1.29, 1.82) is 0 Å². The molecule has 0 spiro atoms. The van der Waals surface area contributed by atoms with Gasteiger partial charge >= 0.3 is 0 Å². The van der Waals surface area contributed by atoms with Crippen LogP contribution in [0.1, 0.15) is 53.5 Å². The minimum Gasteiger partial charge on any atom is -0.497 e. The number of fused-ring (bicyclic) bond motifs is 3. The van der Waals surface area contributed by atoms with E-state index in [4.69, 9.17) is 16.3 Å². The summed E-state index contributed by atoms with van der Waals surface area (Å²) in [5.74, 6) is -0.605. The van der Waals surface area contributed by atoms with E-state index in [1.165, 1.54) is 9.47 Å². The van der Waals surface area contributed by atoms with Crippen LogP contribution in [0, 0.1) is 0 Å². The molecular formula is C26H26ClN3O4. The number of methoxy groups -OCH3 is 1. The standard InChI is InChI=1S/C26H26ClN3O4/c1-26(24(32)28-19-5-3-4-6-19)25(33)30-21-12-9-18(27)13-17(21)14-22(30)23(31)29(26)15-16-7-10-20(34-2)11-8-16/h7-14,19H,3-6,15H2,1-2H3,(H,28,32). The van der Waals surface area contributed by atoms with Crippen molar-refractivity contribution in [2.75, 3.05) is 7.11 Å². The van der Waals surface area contributed by atoms with Crippen molar-refractivity contribution < 1.29 is 19.1 Å². The Morgan fingerprint density at radius 2 is 1.82 bits per heavy atom. The normalized spacial score (nSPS) is 20.6. The summed E-state index contributed by atoms with van der Waals surface area (Å²) in [5.41, 5.74) is -0.142. The molecule has 2 aromatic carbocycles. The van der Waals surface area contributed by atoms with Gasteiger partial charge in [0, 0.05) is 23.0 Å². The molecule has 1 aromatic heterocycles. The van der Waals surface area contributed by atoms with Crippen molar-refractivity contribution in [2.45, 2.75) is 50.7 Å². The molecule has 1 N–H and O–H groups in total. The Balaban J connectivity index is 1.61. The molecular weight excluding hydrogens is 454 g/mol. The van der Waals surface area contributed by atoms with Crippen LogP contribution >= 0.6 is 11.6 Å². The van der Waals surface area contributed by atoms with Crippen LogP contribution in [0.2, 0.25) is 5.02 Å². The molecule has 8 heteroatoms. The Labute approximate surface area is 202 Å². The Bertz CT molecular complexity index is 1290. The molecule has 1 aliphatic carbocycles. The SMILES string of the molecule is COc1ccc(CN2C(=O)c3cc4cc(Cl)ccc4n3C(=O)C2(C)C(=O)NC2CCCC2)cc1. The third kappa shape index (κ3) is 3.55. The second-order valence-corrected chi connectivity index (χ2v) is 9.58. The molecule has 2 heterocycles. The van der Waals surface area contributed by atoms with Crippen LogP contribution in [-0.2, 0) is 11.3 Å². The molecule has 34 heavy (non-hydrogen) atoms. The molecule has 0 saturated heterocycles. The zero-order valence-corrected chi connectivity index (χ0v) is 19.9. The predicted octanol–water partition coefficient (Wildman–Crippen LogP) is 4.42. The number of hydrogen-bond acceptors (Lipinski definition) is 4. The molecule has 1 aliphatic heterocycles. The van der Waals surface area contributed by atoms with Gasteiger partial charge in [0.15, 0.2) is 5.54 Å². The Morgan fingerprint density at radius 3 is 2.50 bits per heavy atom. The Morgan fingerprint density at radius 1 is 1.12 bits per heavy atom. The fourth-order valence-corrected chi connectivity index (χ4v) is 5.18. The monoisotopic (exact) mass is 479 g/mol. The van der Waals surface area contributed by atoms with Crippen LogP contribution in [0.25, 0.3) is 10.9 Å². The first-order chi connectivity index (χ1) is 16.3. The maximum Gasteiger partial charge on any atom is 0.272 e. The summed E-state index contributed by atoms with van der Waals surface area (Å²) in [5, 5.41) is 4.23. The number of nitrogens with zero attached hydrogens (tertiary/aromatic N) is 2. The molecule has 3 aromatic rings. The summed E-state index contributed by atoms with van der Waals surface area (Å²) in [6.45, 7) is 1.65. The molecule has 176 valence electrons. The van der Waals surface area contributed by atoms with E-state index in [0.29, 0.717) is 21.7 Å². The Kier molecular flexibility index (Phi) is 5.60. The van der Waals surface area contributed by atoms with Gasteiger partial charge in [0.1, 0.15) is 11.4 Å². The molecule has 0 bridgehead atoms. The van der Waals surface area contributed by atoms with Crippen molar-refractivity contribution in [3.63, 3.8) is 0 Å². The first-order valence-corrected chi connectivity index (χ1v) is 11.8. The highest BCUT2D eigenvalue weighted by Gasteiger charge is 2.54. The number of benzene rings is 2. The Hall–Kier alpha value is -3.32. The third-order valence-corrected chi connectivity index (χ3v) is 7.25. The lowest BCUT2D eigenvalue weighted by molar-refractivity contribution is -0.130. The maximum absolute atomic E-state index is 14.0. The minimum absolute atomic E-state index is 0.0108. The second-order valence-electron chi connectivity index (χ2n) is 9.14. The van der Waals surface area contributed by atoms with Gasteiger partial charge in [-0.15, -0.1) is 0 Å². The second kappa shape index (κ2) is 8.47. The smallest absolute Gasteiger partial charge is 0.272 e. The number of halogens is 1. The van der Waals surface area contributed by atoms with Crippen LogP contribution in [0.15, 0.2) is 48.5 Å². The summed E-state index contributed by atoms with van der Waals surface area (Å²) in [4.78, 5) is 42.9. The van der Waals surface area contributed by atoms with E-state index >= 15 is 0 Å². The summed E-state index contributed by atoms with van der Waals surface area (Å²) in [6.07, 6.45) is 3.83. The van der Waals surface area contributed by atoms with Crippen molar-refractivity contribution in [1.82, 2.24) is 14.8 Å². The minimum atomic E-state index is -1.71. The van der Waals surface area contributed by atoms with Gasteiger partial charge in [0.25, 0.3) is 17.7 Å². The summed E-state index contributed by atoms with van der Waals surface area (Å²) in [7, 11) is 1.58. The van der Waals surface area contributed by atoms with E-state index in [2.05, 4.69) is 5.32 Å². The van der Waals surface area contributed by atoms with Crippen molar-refractivity contribution in [3.8, 4) is 5.75 Å². The van der Waals surface area contributed by atoms with E-state index in [0.717, 1.165) is 31.2 Å². The summed E-state index contributed by atoms with van der Waals surface area (Å²) >= 11 is 6.15. The maximum atomic E-state index is 14.0. The number of carbonyl (C=O) groups excluding carboxylic acids is 3. The van der Waals surface area contributed by atoms with Crippen molar-refractivity contribution >= 4 is 40.2 Å². The van der Waals surface area contributed by atoms with Gasteiger partial charge in [-0.05, 0) is 61.7 Å². The third-order valence-electron chi connectivity index (χ3n) is 7.02. The summed E-state index contributed by atoms with van der Waals surface area (Å²) < 4.78 is 6.60. The van der Waals surface area contributed by atoms with Crippen molar-refractivity contribution in [3.05, 3.63) is 64.8 Å². The fourth-order valence-electron chi connectivity index (χ4n) is 5.00. The van der Waals surface area contributed by atoms with Gasteiger partial charge in [0.05, 0.1) is 12.6 Å². The lowest BCUT2D eigenvalue weighted by Gasteiger charge is -2.42. The number of carbonyl (C=O) groups is 3. The highest BCUT2D eigenvalue weighted by molar-refractivity contribution is 6.31. The van der Waals surface area contributed by atoms with Gasteiger partial charge in [-0.2, -0.15) is 0 Å². The molecule has 2 aliphatic rings. The molecule has 0 radical (unpaired) electrons. The van der Waals surface area contributed by atoms with Crippen molar-refractivity contribution in [2.24, 2.45) is 0 Å². The summed E-state index contributed by atoms with van der Waals surface area (Å²) in [6, 6.07) is 14.0. The fraction of sp³-hybridized carbons (Fsp3) is 0.346. The lowest BCUT2D eigenvalue weighted by Crippen LogP contribution is -2.68. The van der Waals surface area contributed by atoms with Gasteiger partial charge in [0.2, 0.25) is 0 Å². The quantitative estimate of drug-likeness (QED) is 0.549. The number of rotatable bonds is 5. The van der Waals surface area contributed by atoms with E-state index < -0.39 is 17.4 Å². The average Bonchev–Trinajstić information content (AvgIpc) is 3.48. The van der Waals surface area contributed by atoms with E-state index in [1.54, 1.807) is 50.4 Å². The number of nitrogens with one attached hydrogen (secondary N) is 1. The number of hydrogen-bond donors (Lipinski definition) is 1.